The number of aromatic nitrogens is 2. The third-order valence-electron chi connectivity index (χ3n) is 3.78. The lowest BCUT2D eigenvalue weighted by Crippen LogP contribution is -2.41. The molecule has 3 aromatic rings. The Morgan fingerprint density at radius 2 is 2.00 bits per heavy atom. The Morgan fingerprint density at radius 1 is 1.23 bits per heavy atom. The van der Waals surface area contributed by atoms with E-state index in [-0.39, 0.29) is 12.1 Å². The summed E-state index contributed by atoms with van der Waals surface area (Å²) in [7, 11) is 0. The predicted octanol–water partition coefficient (Wildman–Crippen LogP) is 2.05. The van der Waals surface area contributed by atoms with E-state index in [1.807, 2.05) is 37.3 Å². The molecule has 8 heteroatoms. The maximum Gasteiger partial charge on any atom is 0.321 e. The average Bonchev–Trinajstić information content (AvgIpc) is 3.07. The second kappa shape index (κ2) is 7.92. The largest absolute Gasteiger partial charge is 0.334 e. The summed E-state index contributed by atoms with van der Waals surface area (Å²) in [6, 6.07) is 10.5. The number of benzene rings is 1. The van der Waals surface area contributed by atoms with Gasteiger partial charge in [0.2, 0.25) is 5.91 Å². The Hall–Kier alpha value is -3.00. The van der Waals surface area contributed by atoms with Crippen molar-refractivity contribution < 1.29 is 9.59 Å². The molecule has 26 heavy (non-hydrogen) atoms. The number of carbonyl (C=O) groups excluding carboxylic acids is 2. The summed E-state index contributed by atoms with van der Waals surface area (Å²) in [6.45, 7) is 2.05. The molecule has 0 spiro atoms. The van der Waals surface area contributed by atoms with Crippen molar-refractivity contribution in [3.63, 3.8) is 0 Å². The number of thiophene rings is 1. The number of carbonyl (C=O) groups is 2. The van der Waals surface area contributed by atoms with Crippen molar-refractivity contribution >= 4 is 33.5 Å². The first-order chi connectivity index (χ1) is 12.6. The molecule has 0 aliphatic heterocycles. The monoisotopic (exact) mass is 370 g/mol. The molecule has 0 bridgehead atoms. The predicted molar refractivity (Wildman–Crippen MR) is 100 cm³/mol. The van der Waals surface area contributed by atoms with Crippen LogP contribution in [0.1, 0.15) is 17.4 Å². The molecule has 0 atom stereocenters. The molecule has 2 heterocycles. The van der Waals surface area contributed by atoms with Crippen molar-refractivity contribution in [2.75, 3.05) is 0 Å². The third-order valence-corrected chi connectivity index (χ3v) is 4.97. The van der Waals surface area contributed by atoms with Crippen LogP contribution in [0.4, 0.5) is 4.79 Å². The molecule has 0 saturated heterocycles. The van der Waals surface area contributed by atoms with Crippen molar-refractivity contribution in [1.82, 2.24) is 20.2 Å². The van der Waals surface area contributed by atoms with E-state index in [1.165, 1.54) is 22.2 Å². The van der Waals surface area contributed by atoms with Crippen LogP contribution in [0.25, 0.3) is 10.2 Å². The lowest BCUT2D eigenvalue weighted by Gasteiger charge is -2.08. The molecule has 3 rings (SSSR count). The van der Waals surface area contributed by atoms with Gasteiger partial charge in [-0.2, -0.15) is 0 Å². The van der Waals surface area contributed by atoms with Crippen LogP contribution in [0.5, 0.6) is 0 Å². The van der Waals surface area contributed by atoms with Gasteiger partial charge in [-0.05, 0) is 18.1 Å². The van der Waals surface area contributed by atoms with Crippen LogP contribution >= 0.6 is 11.3 Å². The van der Waals surface area contributed by atoms with E-state index in [1.54, 1.807) is 6.07 Å². The van der Waals surface area contributed by atoms with Gasteiger partial charge in [0, 0.05) is 11.4 Å². The molecule has 0 saturated carbocycles. The maximum absolute atomic E-state index is 12.4. The van der Waals surface area contributed by atoms with E-state index in [9.17, 15) is 14.4 Å². The minimum atomic E-state index is -0.607. The lowest BCUT2D eigenvalue weighted by atomic mass is 10.2. The summed E-state index contributed by atoms with van der Waals surface area (Å²) >= 11 is 1.47. The highest BCUT2D eigenvalue weighted by Crippen LogP contribution is 2.20. The quantitative estimate of drug-likeness (QED) is 0.719. The van der Waals surface area contributed by atoms with Crippen LogP contribution in [-0.2, 0) is 24.3 Å². The summed E-state index contributed by atoms with van der Waals surface area (Å²) in [6.07, 6.45) is 2.16. The number of aryl methyl sites for hydroxylation is 1. The number of fused-ring (bicyclic) bond motifs is 1. The molecule has 0 unspecified atom stereocenters. The van der Waals surface area contributed by atoms with Gasteiger partial charge in [0.1, 0.15) is 11.4 Å². The standard InChI is InChI=1S/C18H18N4O3S/c1-2-13-8-14-16(26-13)20-11-22(17(14)24)10-15(23)21-18(25)19-9-12-6-4-3-5-7-12/h3-8,11H,2,9-10H2,1H3,(H2,19,21,23,25). The van der Waals surface area contributed by atoms with Gasteiger partial charge >= 0.3 is 6.03 Å². The molecular weight excluding hydrogens is 352 g/mol. The van der Waals surface area contributed by atoms with Crippen molar-refractivity contribution in [1.29, 1.82) is 0 Å². The van der Waals surface area contributed by atoms with Crippen molar-refractivity contribution in [3.05, 3.63) is 63.5 Å². The van der Waals surface area contributed by atoms with Crippen LogP contribution in [0.3, 0.4) is 0 Å². The second-order valence-corrected chi connectivity index (χ2v) is 6.79. The molecule has 3 amide bonds. The van der Waals surface area contributed by atoms with Gasteiger partial charge in [0.05, 0.1) is 11.7 Å². The Bertz CT molecular complexity index is 995. The highest BCUT2D eigenvalue weighted by Gasteiger charge is 2.12. The summed E-state index contributed by atoms with van der Waals surface area (Å²) in [4.78, 5) is 42.2. The minimum absolute atomic E-state index is 0.266. The molecule has 134 valence electrons. The van der Waals surface area contributed by atoms with Gasteiger partial charge < -0.3 is 5.32 Å². The number of urea groups is 1. The van der Waals surface area contributed by atoms with Gasteiger partial charge in [-0.1, -0.05) is 37.3 Å². The van der Waals surface area contributed by atoms with Crippen LogP contribution in [0.2, 0.25) is 0 Å². The van der Waals surface area contributed by atoms with Gasteiger partial charge in [-0.15, -0.1) is 11.3 Å². The average molecular weight is 370 g/mol. The van der Waals surface area contributed by atoms with E-state index in [4.69, 9.17) is 0 Å². The number of nitrogens with zero attached hydrogens (tertiary/aromatic N) is 2. The van der Waals surface area contributed by atoms with E-state index in [0.29, 0.717) is 16.8 Å². The SMILES string of the molecule is CCc1cc2c(=O)n(CC(=O)NC(=O)NCc3ccccc3)cnc2s1. The summed E-state index contributed by atoms with van der Waals surface area (Å²) in [5.74, 6) is -0.579. The zero-order chi connectivity index (χ0) is 18.5. The summed E-state index contributed by atoms with van der Waals surface area (Å²) in [5.41, 5.74) is 0.635. The fourth-order valence-corrected chi connectivity index (χ4v) is 3.37. The molecular formula is C18H18N4O3S. The summed E-state index contributed by atoms with van der Waals surface area (Å²) in [5, 5.41) is 5.31. The fraction of sp³-hybridized carbons (Fsp3) is 0.222. The molecule has 2 N–H and O–H groups in total. The topological polar surface area (TPSA) is 93.1 Å². The Kier molecular flexibility index (Phi) is 5.43. The normalized spacial score (nSPS) is 10.7. The number of hydrogen-bond acceptors (Lipinski definition) is 5. The van der Waals surface area contributed by atoms with Crippen LogP contribution in [0, 0.1) is 0 Å². The molecule has 0 radical (unpaired) electrons. The van der Waals surface area contributed by atoms with Gasteiger partial charge in [0.25, 0.3) is 5.56 Å². The molecule has 0 fully saturated rings. The maximum atomic E-state index is 12.4. The molecule has 0 aliphatic rings. The molecule has 2 aromatic heterocycles. The van der Waals surface area contributed by atoms with Gasteiger partial charge in [-0.25, -0.2) is 9.78 Å². The Balaban J connectivity index is 1.61. The number of hydrogen-bond donors (Lipinski definition) is 2. The zero-order valence-corrected chi connectivity index (χ0v) is 15.0. The van der Waals surface area contributed by atoms with Crippen LogP contribution in [-0.4, -0.2) is 21.5 Å². The highest BCUT2D eigenvalue weighted by molar-refractivity contribution is 7.18. The Labute approximate surface area is 153 Å². The van der Waals surface area contributed by atoms with Crippen molar-refractivity contribution in [3.8, 4) is 0 Å². The Morgan fingerprint density at radius 3 is 2.73 bits per heavy atom. The molecule has 0 aliphatic carbocycles. The van der Waals surface area contributed by atoms with Crippen LogP contribution < -0.4 is 16.2 Å². The first-order valence-corrected chi connectivity index (χ1v) is 8.98. The van der Waals surface area contributed by atoms with Crippen LogP contribution in [0.15, 0.2) is 47.5 Å². The third kappa shape index (κ3) is 4.15. The van der Waals surface area contributed by atoms with E-state index in [2.05, 4.69) is 15.6 Å². The first-order valence-electron chi connectivity index (χ1n) is 8.16. The summed E-state index contributed by atoms with van der Waals surface area (Å²) < 4.78 is 1.20. The zero-order valence-electron chi connectivity index (χ0n) is 14.2. The minimum Gasteiger partial charge on any atom is -0.334 e. The first kappa shape index (κ1) is 17.8. The lowest BCUT2D eigenvalue weighted by molar-refractivity contribution is -0.120. The van der Waals surface area contributed by atoms with Crippen molar-refractivity contribution in [2.45, 2.75) is 26.4 Å². The highest BCUT2D eigenvalue weighted by atomic mass is 32.1. The van der Waals surface area contributed by atoms with Crippen molar-refractivity contribution in [2.24, 2.45) is 0 Å². The molecule has 7 nitrogen and oxygen atoms in total. The van der Waals surface area contributed by atoms with E-state index < -0.39 is 11.9 Å². The smallest absolute Gasteiger partial charge is 0.321 e. The van der Waals surface area contributed by atoms with E-state index >= 15 is 0 Å². The number of nitrogens with one attached hydrogen (secondary N) is 2. The fourth-order valence-electron chi connectivity index (χ4n) is 2.44. The second-order valence-electron chi connectivity index (χ2n) is 5.68. The van der Waals surface area contributed by atoms with Gasteiger partial charge in [0.15, 0.2) is 0 Å². The van der Waals surface area contributed by atoms with Gasteiger partial charge in [-0.3, -0.25) is 19.5 Å². The number of rotatable bonds is 5. The number of amides is 3. The van der Waals surface area contributed by atoms with E-state index in [0.717, 1.165) is 16.9 Å². The molecule has 1 aromatic carbocycles. The number of imide groups is 1.